The minimum Gasteiger partial charge on any atom is -0.391 e. The number of carbonyl (C=O) groups excluding carboxylic acids is 2. The van der Waals surface area contributed by atoms with Crippen LogP contribution >= 0.6 is 34.8 Å². The molecule has 6 heteroatoms. The molecule has 4 aliphatic carbocycles. The fourth-order valence-electron chi connectivity index (χ4n) is 6.81. The molecule has 25 heavy (non-hydrogen) atoms. The van der Waals surface area contributed by atoms with Gasteiger partial charge in [0.25, 0.3) is 0 Å². The van der Waals surface area contributed by atoms with E-state index in [4.69, 9.17) is 34.8 Å². The molecule has 1 N–H and O–H groups in total. The SMILES string of the molecule is C[C@]12C(Cl)CC(=O)CC1(Cl)CC[C@H]1[C@@H]3CCC(=O)[C@@]3(C)CC(O)[C@@]12Cl. The number of hydrogen-bond donors (Lipinski definition) is 1. The van der Waals surface area contributed by atoms with Crippen molar-refractivity contribution in [3.05, 3.63) is 0 Å². The van der Waals surface area contributed by atoms with Crippen LogP contribution in [-0.2, 0) is 9.59 Å². The second-order valence-electron chi connectivity index (χ2n) is 9.17. The molecule has 0 aromatic carbocycles. The molecule has 0 spiro atoms. The van der Waals surface area contributed by atoms with Crippen molar-refractivity contribution in [2.75, 3.05) is 0 Å². The Hall–Kier alpha value is 0.170. The third kappa shape index (κ3) is 1.99. The Morgan fingerprint density at radius 2 is 1.80 bits per heavy atom. The van der Waals surface area contributed by atoms with Gasteiger partial charge in [-0.1, -0.05) is 13.8 Å². The van der Waals surface area contributed by atoms with E-state index in [2.05, 4.69) is 0 Å². The van der Waals surface area contributed by atoms with E-state index in [1.165, 1.54) is 0 Å². The van der Waals surface area contributed by atoms with Crippen LogP contribution < -0.4 is 0 Å². The molecule has 0 amide bonds. The molecule has 0 bridgehead atoms. The molecule has 4 rings (SSSR count). The number of Topliss-reactive ketones (excluding diaryl/α,β-unsaturated/α-hetero) is 2. The van der Waals surface area contributed by atoms with Gasteiger partial charge in [-0.3, -0.25) is 9.59 Å². The molecule has 4 fully saturated rings. The number of halogens is 3. The van der Waals surface area contributed by atoms with E-state index < -0.39 is 32.1 Å². The van der Waals surface area contributed by atoms with E-state index in [9.17, 15) is 14.7 Å². The first-order chi connectivity index (χ1) is 11.5. The summed E-state index contributed by atoms with van der Waals surface area (Å²) in [6.07, 6.45) is 2.74. The Kier molecular flexibility index (Phi) is 3.98. The Labute approximate surface area is 163 Å². The van der Waals surface area contributed by atoms with E-state index >= 15 is 0 Å². The molecule has 0 heterocycles. The van der Waals surface area contributed by atoms with Crippen LogP contribution in [0.2, 0.25) is 0 Å². The Morgan fingerprint density at radius 1 is 1.12 bits per heavy atom. The highest BCUT2D eigenvalue weighted by atomic mass is 35.5. The number of rotatable bonds is 0. The fourth-order valence-corrected chi connectivity index (χ4v) is 8.73. The summed E-state index contributed by atoms with van der Waals surface area (Å²) in [7, 11) is 0. The zero-order chi connectivity index (χ0) is 18.4. The first kappa shape index (κ1) is 18.5. The van der Waals surface area contributed by atoms with Gasteiger partial charge in [0.05, 0.1) is 15.9 Å². The predicted octanol–water partition coefficient (Wildman–Crippen LogP) is 4.08. The Morgan fingerprint density at radius 3 is 2.48 bits per heavy atom. The zero-order valence-corrected chi connectivity index (χ0v) is 16.9. The van der Waals surface area contributed by atoms with Gasteiger partial charge >= 0.3 is 0 Å². The van der Waals surface area contributed by atoms with Gasteiger partial charge in [0, 0.05) is 35.5 Å². The first-order valence-electron chi connectivity index (χ1n) is 9.25. The highest BCUT2D eigenvalue weighted by Gasteiger charge is 2.76. The van der Waals surface area contributed by atoms with Gasteiger partial charge in [0.2, 0.25) is 0 Å². The molecule has 4 saturated carbocycles. The standard InChI is InChI=1S/C19H25Cl3O3/c1-16-9-15(25)19(22)12(11(16)3-4-14(16)24)5-6-18(21)8-10(23)7-13(20)17(18,19)2/h11-13,15,25H,3-9H2,1-2H3/t11-,12-,13?,15?,16-,17-,18?,19-/m0/s1. The van der Waals surface area contributed by atoms with Crippen LogP contribution in [-0.4, -0.2) is 37.9 Å². The largest absolute Gasteiger partial charge is 0.391 e. The van der Waals surface area contributed by atoms with Gasteiger partial charge in [-0.2, -0.15) is 0 Å². The quantitative estimate of drug-likeness (QED) is 0.616. The van der Waals surface area contributed by atoms with E-state index in [0.29, 0.717) is 19.3 Å². The normalized spacial score (nSPS) is 58.5. The number of aliphatic hydroxyl groups is 1. The van der Waals surface area contributed by atoms with Crippen molar-refractivity contribution in [1.82, 2.24) is 0 Å². The maximum absolute atomic E-state index is 12.5. The molecule has 0 aromatic heterocycles. The van der Waals surface area contributed by atoms with E-state index in [1.807, 2.05) is 13.8 Å². The average Bonchev–Trinajstić information content (AvgIpc) is 2.79. The predicted molar refractivity (Wildman–Crippen MR) is 98.3 cm³/mol. The average molecular weight is 408 g/mol. The van der Waals surface area contributed by atoms with Gasteiger partial charge < -0.3 is 5.11 Å². The lowest BCUT2D eigenvalue weighted by Gasteiger charge is -2.68. The van der Waals surface area contributed by atoms with Gasteiger partial charge in [-0.25, -0.2) is 0 Å². The molecule has 0 radical (unpaired) electrons. The lowest BCUT2D eigenvalue weighted by molar-refractivity contribution is -0.154. The second kappa shape index (κ2) is 5.37. The van der Waals surface area contributed by atoms with Crippen molar-refractivity contribution in [2.24, 2.45) is 22.7 Å². The van der Waals surface area contributed by atoms with Crippen molar-refractivity contribution in [1.29, 1.82) is 0 Å². The number of ketones is 2. The number of carbonyl (C=O) groups is 2. The summed E-state index contributed by atoms with van der Waals surface area (Å²) in [5.41, 5.74) is -1.27. The molecule has 0 aromatic rings. The lowest BCUT2D eigenvalue weighted by Crippen LogP contribution is -2.75. The number of alkyl halides is 3. The highest BCUT2D eigenvalue weighted by Crippen LogP contribution is 2.72. The fraction of sp³-hybridized carbons (Fsp3) is 0.895. The van der Waals surface area contributed by atoms with Crippen molar-refractivity contribution >= 4 is 46.4 Å². The molecular formula is C19H25Cl3O3. The Balaban J connectivity index is 1.85. The van der Waals surface area contributed by atoms with Crippen LogP contribution in [0.3, 0.4) is 0 Å². The summed E-state index contributed by atoms with van der Waals surface area (Å²) in [4.78, 5) is 22.9. The maximum Gasteiger partial charge on any atom is 0.139 e. The number of hydrogen-bond acceptors (Lipinski definition) is 3. The van der Waals surface area contributed by atoms with Crippen LogP contribution in [0.15, 0.2) is 0 Å². The molecule has 3 nitrogen and oxygen atoms in total. The van der Waals surface area contributed by atoms with E-state index in [1.54, 1.807) is 0 Å². The third-order valence-electron chi connectivity index (χ3n) is 8.35. The van der Waals surface area contributed by atoms with Gasteiger partial charge in [0.15, 0.2) is 0 Å². The van der Waals surface area contributed by atoms with Crippen molar-refractivity contribution in [3.8, 4) is 0 Å². The smallest absolute Gasteiger partial charge is 0.139 e. The summed E-state index contributed by atoms with van der Waals surface area (Å²) < 4.78 is 0. The Bertz CT molecular complexity index is 654. The number of fused-ring (bicyclic) bond motifs is 5. The maximum atomic E-state index is 12.5. The molecule has 4 aliphatic rings. The van der Waals surface area contributed by atoms with Crippen molar-refractivity contribution < 1.29 is 14.7 Å². The molecule has 0 saturated heterocycles. The minimum atomic E-state index is -1.01. The van der Waals surface area contributed by atoms with Crippen molar-refractivity contribution in [3.63, 3.8) is 0 Å². The zero-order valence-electron chi connectivity index (χ0n) is 14.7. The van der Waals surface area contributed by atoms with Crippen LogP contribution in [0, 0.1) is 22.7 Å². The van der Waals surface area contributed by atoms with Crippen molar-refractivity contribution in [2.45, 2.75) is 80.0 Å². The number of aliphatic hydroxyl groups excluding tert-OH is 1. The summed E-state index contributed by atoms with van der Waals surface area (Å²) in [5.74, 6) is 0.447. The summed E-state index contributed by atoms with van der Waals surface area (Å²) in [6.45, 7) is 3.95. The molecule has 8 atom stereocenters. The van der Waals surface area contributed by atoms with Crippen LogP contribution in [0.1, 0.15) is 58.8 Å². The molecule has 140 valence electrons. The summed E-state index contributed by atoms with van der Waals surface area (Å²) in [6, 6.07) is 0. The molecule has 0 aliphatic heterocycles. The topological polar surface area (TPSA) is 54.4 Å². The van der Waals surface area contributed by atoms with Crippen LogP contribution in [0.25, 0.3) is 0 Å². The summed E-state index contributed by atoms with van der Waals surface area (Å²) >= 11 is 21.1. The lowest BCUT2D eigenvalue weighted by atomic mass is 9.43. The molecular weight excluding hydrogens is 383 g/mol. The minimum absolute atomic E-state index is 0.0132. The van der Waals surface area contributed by atoms with Gasteiger partial charge in [-0.05, 0) is 37.5 Å². The first-order valence-corrected chi connectivity index (χ1v) is 10.4. The third-order valence-corrected chi connectivity index (χ3v) is 10.6. The van der Waals surface area contributed by atoms with E-state index in [-0.39, 0.29) is 36.2 Å². The molecule has 3 unspecified atom stereocenters. The monoisotopic (exact) mass is 406 g/mol. The summed E-state index contributed by atoms with van der Waals surface area (Å²) in [5, 5.41) is 10.7. The van der Waals surface area contributed by atoms with E-state index in [0.717, 1.165) is 12.8 Å². The second-order valence-corrected chi connectivity index (χ2v) is 11.0. The van der Waals surface area contributed by atoms with Crippen LogP contribution in [0.4, 0.5) is 0 Å². The van der Waals surface area contributed by atoms with Crippen LogP contribution in [0.5, 0.6) is 0 Å². The van der Waals surface area contributed by atoms with Gasteiger partial charge in [-0.15, -0.1) is 34.8 Å². The highest BCUT2D eigenvalue weighted by molar-refractivity contribution is 6.33. The van der Waals surface area contributed by atoms with Gasteiger partial charge in [0.1, 0.15) is 11.6 Å².